The minimum atomic E-state index is -1.38. The molecule has 1 fully saturated rings. The molecule has 4 heterocycles. The van der Waals surface area contributed by atoms with Crippen LogP contribution in [0.1, 0.15) is 31.4 Å². The Bertz CT molecular complexity index is 1170. The van der Waals surface area contributed by atoms with Crippen LogP contribution in [0.3, 0.4) is 0 Å². The second kappa shape index (κ2) is 8.78. The van der Waals surface area contributed by atoms with E-state index < -0.39 is 5.60 Å². The smallest absolute Gasteiger partial charge is 0.256 e. The first-order chi connectivity index (χ1) is 15.5. The monoisotopic (exact) mass is 469 g/mol. The summed E-state index contributed by atoms with van der Waals surface area (Å²) in [5.74, 6) is 0.652. The molecule has 0 unspecified atom stereocenters. The van der Waals surface area contributed by atoms with Gasteiger partial charge in [-0.05, 0) is 55.3 Å². The lowest BCUT2D eigenvalue weighted by Crippen LogP contribution is -2.48. The van der Waals surface area contributed by atoms with E-state index >= 15 is 0 Å². The number of nitrogens with zero attached hydrogens (tertiary/aromatic N) is 2. The Morgan fingerprint density at radius 1 is 1.25 bits per heavy atom. The highest BCUT2D eigenvalue weighted by Gasteiger charge is 2.40. The maximum Gasteiger partial charge on any atom is 0.256 e. The Balaban J connectivity index is 1.16. The fourth-order valence-corrected chi connectivity index (χ4v) is 5.67. The van der Waals surface area contributed by atoms with Crippen molar-refractivity contribution in [2.24, 2.45) is 0 Å². The minimum Gasteiger partial charge on any atom is -0.380 e. The van der Waals surface area contributed by atoms with E-state index in [0.717, 1.165) is 20.8 Å². The molecule has 0 spiro atoms. The van der Waals surface area contributed by atoms with Gasteiger partial charge < -0.3 is 21.1 Å². The number of carbonyl (C=O) groups is 2. The number of hydrogen-bond donors (Lipinski definition) is 4. The van der Waals surface area contributed by atoms with Gasteiger partial charge in [-0.1, -0.05) is 0 Å². The van der Waals surface area contributed by atoms with Gasteiger partial charge in [-0.25, -0.2) is 4.98 Å². The number of aliphatic hydroxyl groups is 1. The van der Waals surface area contributed by atoms with E-state index in [-0.39, 0.29) is 17.9 Å². The fraction of sp³-hybridized carbons (Fsp3) is 0.364. The lowest BCUT2D eigenvalue weighted by molar-refractivity contribution is -0.137. The maximum absolute atomic E-state index is 12.9. The molecule has 1 aliphatic carbocycles. The van der Waals surface area contributed by atoms with Crippen molar-refractivity contribution in [2.45, 2.75) is 48.8 Å². The molecule has 0 aromatic carbocycles. The summed E-state index contributed by atoms with van der Waals surface area (Å²) < 4.78 is 0.909. The SMILES string of the molecule is O=C1CSc2ccc(CN[C@H]3CC[C@](O)(C(=O)Nc4ccnc5ccsc45)CC3)nc2N1. The first kappa shape index (κ1) is 21.3. The molecule has 0 saturated heterocycles. The highest BCUT2D eigenvalue weighted by atomic mass is 32.2. The number of thioether (sulfide) groups is 1. The largest absolute Gasteiger partial charge is 0.380 e. The van der Waals surface area contributed by atoms with Crippen molar-refractivity contribution in [1.29, 1.82) is 0 Å². The van der Waals surface area contributed by atoms with Crippen LogP contribution in [0.25, 0.3) is 10.2 Å². The molecule has 32 heavy (non-hydrogen) atoms. The van der Waals surface area contributed by atoms with Gasteiger partial charge in [0, 0.05) is 18.8 Å². The Labute approximate surface area is 193 Å². The van der Waals surface area contributed by atoms with Gasteiger partial charge in [0.25, 0.3) is 5.91 Å². The molecule has 3 aromatic rings. The first-order valence-corrected chi connectivity index (χ1v) is 12.4. The fourth-order valence-electron chi connectivity index (χ4n) is 4.09. The molecule has 166 valence electrons. The number of nitrogens with one attached hydrogen (secondary N) is 3. The summed E-state index contributed by atoms with van der Waals surface area (Å²) in [4.78, 5) is 34.2. The van der Waals surface area contributed by atoms with Gasteiger partial charge in [0.15, 0.2) is 0 Å². The Hall–Kier alpha value is -2.53. The van der Waals surface area contributed by atoms with E-state index in [9.17, 15) is 14.7 Å². The highest BCUT2D eigenvalue weighted by molar-refractivity contribution is 8.00. The molecular formula is C22H23N5O3S2. The molecule has 1 aliphatic heterocycles. The summed E-state index contributed by atoms with van der Waals surface area (Å²) >= 11 is 3.01. The summed E-state index contributed by atoms with van der Waals surface area (Å²) in [6.45, 7) is 0.566. The summed E-state index contributed by atoms with van der Waals surface area (Å²) in [5.41, 5.74) is 0.994. The zero-order valence-corrected chi connectivity index (χ0v) is 18.9. The third-order valence-corrected chi connectivity index (χ3v) is 7.92. The van der Waals surface area contributed by atoms with E-state index in [1.807, 2.05) is 23.6 Å². The number of anilines is 2. The van der Waals surface area contributed by atoms with Crippen LogP contribution in [0.2, 0.25) is 0 Å². The van der Waals surface area contributed by atoms with Gasteiger partial charge in [0.2, 0.25) is 5.91 Å². The van der Waals surface area contributed by atoms with Crippen molar-refractivity contribution < 1.29 is 14.7 Å². The predicted molar refractivity (Wildman–Crippen MR) is 126 cm³/mol. The second-order valence-electron chi connectivity index (χ2n) is 8.12. The van der Waals surface area contributed by atoms with Crippen LogP contribution in [0, 0.1) is 0 Å². The molecule has 2 amide bonds. The molecule has 8 nitrogen and oxygen atoms in total. The average Bonchev–Trinajstić information content (AvgIpc) is 3.28. The molecular weight excluding hydrogens is 446 g/mol. The van der Waals surface area contributed by atoms with E-state index in [1.54, 1.807) is 12.3 Å². The van der Waals surface area contributed by atoms with Crippen LogP contribution in [0.5, 0.6) is 0 Å². The van der Waals surface area contributed by atoms with Crippen LogP contribution >= 0.6 is 23.1 Å². The van der Waals surface area contributed by atoms with Gasteiger partial charge in [-0.15, -0.1) is 23.1 Å². The molecule has 5 rings (SSSR count). The second-order valence-corrected chi connectivity index (χ2v) is 10.1. The molecule has 1 saturated carbocycles. The summed E-state index contributed by atoms with van der Waals surface area (Å²) in [7, 11) is 0. The standard InChI is InChI=1S/C22H23N5O3S2/c28-18-12-32-17-2-1-14(25-20(17)27-18)11-24-13-3-7-22(30,8-4-13)21(29)26-16-5-9-23-15-6-10-31-19(15)16/h1-2,5-6,9-10,13,24,30H,3-4,7-8,11-12H2,(H,23,26,29)(H,25,27,28)/t13-,22+. The zero-order chi connectivity index (χ0) is 22.1. The molecule has 0 atom stereocenters. The highest BCUT2D eigenvalue weighted by Crippen LogP contribution is 2.33. The Morgan fingerprint density at radius 2 is 2.09 bits per heavy atom. The first-order valence-electron chi connectivity index (χ1n) is 10.5. The molecule has 10 heteroatoms. The summed E-state index contributed by atoms with van der Waals surface area (Å²) in [6, 6.07) is 7.81. The van der Waals surface area contributed by atoms with E-state index in [2.05, 4.69) is 25.9 Å². The summed E-state index contributed by atoms with van der Waals surface area (Å²) in [5, 5.41) is 22.1. The normalized spacial score (nSPS) is 22.9. The van der Waals surface area contributed by atoms with Gasteiger partial charge in [0.1, 0.15) is 11.4 Å². The molecule has 0 radical (unpaired) electrons. The van der Waals surface area contributed by atoms with Crippen LogP contribution < -0.4 is 16.0 Å². The minimum absolute atomic E-state index is 0.0310. The van der Waals surface area contributed by atoms with E-state index in [1.165, 1.54) is 23.1 Å². The quantitative estimate of drug-likeness (QED) is 0.454. The number of carbonyl (C=O) groups excluding carboxylic acids is 2. The number of rotatable bonds is 5. The Morgan fingerprint density at radius 3 is 2.94 bits per heavy atom. The lowest BCUT2D eigenvalue weighted by atomic mass is 9.81. The third kappa shape index (κ3) is 4.36. The van der Waals surface area contributed by atoms with Crippen molar-refractivity contribution in [3.63, 3.8) is 0 Å². The van der Waals surface area contributed by atoms with Crippen LogP contribution in [-0.4, -0.2) is 44.3 Å². The molecule has 0 bridgehead atoms. The van der Waals surface area contributed by atoms with Crippen molar-refractivity contribution in [3.8, 4) is 0 Å². The predicted octanol–water partition coefficient (Wildman–Crippen LogP) is 3.14. The van der Waals surface area contributed by atoms with Crippen LogP contribution in [-0.2, 0) is 16.1 Å². The molecule has 4 N–H and O–H groups in total. The number of amides is 2. The maximum atomic E-state index is 12.9. The van der Waals surface area contributed by atoms with Gasteiger partial charge in [0.05, 0.1) is 32.2 Å². The van der Waals surface area contributed by atoms with Gasteiger partial charge in [-0.3, -0.25) is 14.6 Å². The number of pyridine rings is 2. The van der Waals surface area contributed by atoms with Crippen LogP contribution in [0.15, 0.2) is 40.7 Å². The Kier molecular flexibility index (Phi) is 5.85. The van der Waals surface area contributed by atoms with Crippen molar-refractivity contribution >= 4 is 56.6 Å². The topological polar surface area (TPSA) is 116 Å². The number of aromatic nitrogens is 2. The van der Waals surface area contributed by atoms with Crippen molar-refractivity contribution in [3.05, 3.63) is 41.5 Å². The average molecular weight is 470 g/mol. The summed E-state index contributed by atoms with van der Waals surface area (Å²) in [6.07, 6.45) is 3.81. The number of fused-ring (bicyclic) bond motifs is 2. The number of hydrogen-bond acceptors (Lipinski definition) is 8. The molecule has 3 aromatic heterocycles. The van der Waals surface area contributed by atoms with E-state index in [0.29, 0.717) is 49.5 Å². The third-order valence-electron chi connectivity index (χ3n) is 5.93. The lowest BCUT2D eigenvalue weighted by Gasteiger charge is -2.35. The number of thiophene rings is 1. The van der Waals surface area contributed by atoms with Crippen LogP contribution in [0.4, 0.5) is 11.5 Å². The van der Waals surface area contributed by atoms with Gasteiger partial charge in [-0.2, -0.15) is 0 Å². The zero-order valence-electron chi connectivity index (χ0n) is 17.3. The van der Waals surface area contributed by atoms with Crippen molar-refractivity contribution in [1.82, 2.24) is 15.3 Å². The van der Waals surface area contributed by atoms with E-state index in [4.69, 9.17) is 0 Å². The van der Waals surface area contributed by atoms with Gasteiger partial charge >= 0.3 is 0 Å². The molecule has 2 aliphatic rings. The van der Waals surface area contributed by atoms with Crippen molar-refractivity contribution in [2.75, 3.05) is 16.4 Å².